The first-order valence-corrected chi connectivity index (χ1v) is 8.10. The fraction of sp³-hybridized carbons (Fsp3) is 0.625. The lowest BCUT2D eigenvalue weighted by Gasteiger charge is -2.36. The summed E-state index contributed by atoms with van der Waals surface area (Å²) < 4.78 is 0. The molecule has 2 heteroatoms. The van der Waals surface area contributed by atoms with E-state index in [1.807, 2.05) is 11.8 Å². The second kappa shape index (κ2) is 5.26. The van der Waals surface area contributed by atoms with E-state index >= 15 is 0 Å². The molecule has 2 saturated carbocycles. The molecule has 2 fully saturated rings. The Morgan fingerprint density at radius 1 is 1.22 bits per heavy atom. The third kappa shape index (κ3) is 2.33. The van der Waals surface area contributed by atoms with Gasteiger partial charge in [0.15, 0.2) is 0 Å². The molecule has 1 N–H and O–H groups in total. The summed E-state index contributed by atoms with van der Waals surface area (Å²) in [6.07, 6.45) is 6.63. The zero-order valence-corrected chi connectivity index (χ0v) is 11.7. The topological polar surface area (TPSA) is 20.2 Å². The van der Waals surface area contributed by atoms with Crippen molar-refractivity contribution in [1.29, 1.82) is 0 Å². The number of hydrogen-bond donors (Lipinski definition) is 1. The van der Waals surface area contributed by atoms with Crippen molar-refractivity contribution < 1.29 is 5.11 Å². The molecule has 0 radical (unpaired) electrons. The molecule has 2 aliphatic rings. The van der Waals surface area contributed by atoms with Crippen molar-refractivity contribution in [3.8, 4) is 0 Å². The molecule has 3 atom stereocenters. The van der Waals surface area contributed by atoms with E-state index in [0.29, 0.717) is 6.61 Å². The maximum atomic E-state index is 9.83. The van der Waals surface area contributed by atoms with Crippen LogP contribution in [0.2, 0.25) is 0 Å². The predicted octanol–water partition coefficient (Wildman–Crippen LogP) is 3.97. The van der Waals surface area contributed by atoms with Crippen molar-refractivity contribution in [1.82, 2.24) is 0 Å². The van der Waals surface area contributed by atoms with Crippen LogP contribution in [0.3, 0.4) is 0 Å². The normalized spacial score (nSPS) is 34.1. The number of benzene rings is 1. The Bertz CT molecular complexity index is 391. The second-order valence-corrected chi connectivity index (χ2v) is 7.18. The van der Waals surface area contributed by atoms with E-state index in [9.17, 15) is 5.11 Å². The largest absolute Gasteiger partial charge is 0.396 e. The van der Waals surface area contributed by atoms with Gasteiger partial charge in [-0.2, -0.15) is 0 Å². The standard InChI is InChI=1S/C16H22OS/c17-12-16(11-13-6-7-14(16)10-13)8-9-18-15-4-2-1-3-5-15/h1-5,13-14,17H,6-12H2. The van der Waals surface area contributed by atoms with Crippen molar-refractivity contribution in [3.63, 3.8) is 0 Å². The van der Waals surface area contributed by atoms with Crippen LogP contribution in [0.5, 0.6) is 0 Å². The van der Waals surface area contributed by atoms with Crippen LogP contribution in [0.4, 0.5) is 0 Å². The number of thioether (sulfide) groups is 1. The lowest BCUT2D eigenvalue weighted by atomic mass is 9.72. The van der Waals surface area contributed by atoms with Gasteiger partial charge in [0, 0.05) is 11.5 Å². The molecular weight excluding hydrogens is 240 g/mol. The van der Waals surface area contributed by atoms with Crippen molar-refractivity contribution in [2.75, 3.05) is 12.4 Å². The Morgan fingerprint density at radius 3 is 2.67 bits per heavy atom. The number of hydrogen-bond acceptors (Lipinski definition) is 2. The number of aliphatic hydroxyl groups is 1. The van der Waals surface area contributed by atoms with Gasteiger partial charge in [0.05, 0.1) is 0 Å². The molecule has 0 heterocycles. The highest BCUT2D eigenvalue weighted by Gasteiger charge is 2.49. The van der Waals surface area contributed by atoms with Crippen LogP contribution in [0.25, 0.3) is 0 Å². The van der Waals surface area contributed by atoms with Gasteiger partial charge in [-0.25, -0.2) is 0 Å². The van der Waals surface area contributed by atoms with Gasteiger partial charge in [0.1, 0.15) is 0 Å². The van der Waals surface area contributed by atoms with E-state index < -0.39 is 0 Å². The Hall–Kier alpha value is -0.470. The first-order chi connectivity index (χ1) is 8.82. The van der Waals surface area contributed by atoms with Crippen LogP contribution in [-0.4, -0.2) is 17.5 Å². The zero-order chi connectivity index (χ0) is 12.4. The van der Waals surface area contributed by atoms with Gasteiger partial charge in [-0.1, -0.05) is 24.6 Å². The first-order valence-electron chi connectivity index (χ1n) is 7.11. The van der Waals surface area contributed by atoms with E-state index in [0.717, 1.165) is 17.6 Å². The minimum Gasteiger partial charge on any atom is -0.396 e. The van der Waals surface area contributed by atoms with Gasteiger partial charge in [-0.15, -0.1) is 11.8 Å². The van der Waals surface area contributed by atoms with Crippen molar-refractivity contribution in [3.05, 3.63) is 30.3 Å². The highest BCUT2D eigenvalue weighted by atomic mass is 32.2. The van der Waals surface area contributed by atoms with Gasteiger partial charge in [0.25, 0.3) is 0 Å². The molecule has 0 aliphatic heterocycles. The van der Waals surface area contributed by atoms with Crippen LogP contribution in [0.15, 0.2) is 35.2 Å². The third-order valence-corrected chi connectivity index (χ3v) is 6.04. The van der Waals surface area contributed by atoms with Crippen molar-refractivity contribution in [2.45, 2.75) is 37.0 Å². The molecule has 1 aromatic carbocycles. The number of fused-ring (bicyclic) bond motifs is 2. The Labute approximate surface area is 114 Å². The molecule has 3 unspecified atom stereocenters. The molecule has 0 aromatic heterocycles. The summed E-state index contributed by atoms with van der Waals surface area (Å²) in [5, 5.41) is 9.83. The Kier molecular flexibility index (Phi) is 3.67. The lowest BCUT2D eigenvalue weighted by Crippen LogP contribution is -2.32. The molecule has 0 spiro atoms. The summed E-state index contributed by atoms with van der Waals surface area (Å²) in [5.74, 6) is 2.88. The SMILES string of the molecule is OCC1(CCSc2ccccc2)CC2CCC1C2. The van der Waals surface area contributed by atoms with Gasteiger partial charge in [-0.3, -0.25) is 0 Å². The fourth-order valence-electron chi connectivity index (χ4n) is 4.03. The highest BCUT2D eigenvalue weighted by molar-refractivity contribution is 7.99. The maximum Gasteiger partial charge on any atom is 0.0490 e. The zero-order valence-electron chi connectivity index (χ0n) is 10.8. The van der Waals surface area contributed by atoms with Crippen LogP contribution < -0.4 is 0 Å². The first kappa shape index (κ1) is 12.6. The van der Waals surface area contributed by atoms with Crippen LogP contribution in [0, 0.1) is 17.3 Å². The molecule has 18 heavy (non-hydrogen) atoms. The van der Waals surface area contributed by atoms with E-state index in [1.54, 1.807) is 0 Å². The summed E-state index contributed by atoms with van der Waals surface area (Å²) in [4.78, 5) is 1.36. The Balaban J connectivity index is 1.56. The minimum absolute atomic E-state index is 0.269. The predicted molar refractivity (Wildman–Crippen MR) is 76.7 cm³/mol. The smallest absolute Gasteiger partial charge is 0.0490 e. The van der Waals surface area contributed by atoms with Crippen LogP contribution in [-0.2, 0) is 0 Å². The summed E-state index contributed by atoms with van der Waals surface area (Å²) >= 11 is 1.94. The maximum absolute atomic E-state index is 9.83. The second-order valence-electron chi connectivity index (χ2n) is 6.01. The highest BCUT2D eigenvalue weighted by Crippen LogP contribution is 2.57. The molecular formula is C16H22OS. The number of aliphatic hydroxyl groups excluding tert-OH is 1. The molecule has 1 nitrogen and oxygen atoms in total. The van der Waals surface area contributed by atoms with Crippen LogP contribution in [0.1, 0.15) is 32.1 Å². The average Bonchev–Trinajstić information content (AvgIpc) is 3.01. The molecule has 0 amide bonds. The fourth-order valence-corrected chi connectivity index (χ4v) is 5.12. The van der Waals surface area contributed by atoms with E-state index in [1.165, 1.54) is 37.0 Å². The molecule has 2 bridgehead atoms. The Morgan fingerprint density at radius 2 is 2.06 bits per heavy atom. The van der Waals surface area contributed by atoms with Gasteiger partial charge >= 0.3 is 0 Å². The van der Waals surface area contributed by atoms with Crippen molar-refractivity contribution in [2.24, 2.45) is 17.3 Å². The summed E-state index contributed by atoms with van der Waals surface area (Å²) in [6, 6.07) is 10.6. The molecule has 2 aliphatic carbocycles. The molecule has 0 saturated heterocycles. The lowest BCUT2D eigenvalue weighted by molar-refractivity contribution is 0.0623. The molecule has 1 aromatic rings. The van der Waals surface area contributed by atoms with E-state index in [-0.39, 0.29) is 5.41 Å². The van der Waals surface area contributed by atoms with E-state index in [2.05, 4.69) is 30.3 Å². The summed E-state index contributed by atoms with van der Waals surface area (Å²) in [7, 11) is 0. The number of rotatable bonds is 5. The summed E-state index contributed by atoms with van der Waals surface area (Å²) in [6.45, 7) is 0.406. The third-order valence-electron chi connectivity index (χ3n) is 5.03. The van der Waals surface area contributed by atoms with E-state index in [4.69, 9.17) is 0 Å². The van der Waals surface area contributed by atoms with Crippen molar-refractivity contribution >= 4 is 11.8 Å². The molecule has 3 rings (SSSR count). The van der Waals surface area contributed by atoms with Gasteiger partial charge < -0.3 is 5.11 Å². The van der Waals surface area contributed by atoms with Crippen LogP contribution >= 0.6 is 11.8 Å². The quantitative estimate of drug-likeness (QED) is 0.810. The van der Waals surface area contributed by atoms with Gasteiger partial charge in [-0.05, 0) is 60.8 Å². The summed E-state index contributed by atoms with van der Waals surface area (Å²) in [5.41, 5.74) is 0.269. The minimum atomic E-state index is 0.269. The monoisotopic (exact) mass is 262 g/mol. The average molecular weight is 262 g/mol. The van der Waals surface area contributed by atoms with Gasteiger partial charge in [0.2, 0.25) is 0 Å². The molecule has 98 valence electrons.